The van der Waals surface area contributed by atoms with Crippen LogP contribution in [0.2, 0.25) is 0 Å². The van der Waals surface area contributed by atoms with Crippen LogP contribution in [0.4, 0.5) is 17.1 Å². The van der Waals surface area contributed by atoms with Gasteiger partial charge in [-0.2, -0.15) is 0 Å². The van der Waals surface area contributed by atoms with Gasteiger partial charge in [0.1, 0.15) is 11.2 Å². The van der Waals surface area contributed by atoms with Crippen LogP contribution in [0, 0.1) is 0 Å². The van der Waals surface area contributed by atoms with Gasteiger partial charge in [-0.3, -0.25) is 0 Å². The summed E-state index contributed by atoms with van der Waals surface area (Å²) < 4.78 is 6.35. The van der Waals surface area contributed by atoms with Crippen LogP contribution < -0.4 is 4.90 Å². The van der Waals surface area contributed by atoms with Crippen molar-refractivity contribution in [1.82, 2.24) is 0 Å². The van der Waals surface area contributed by atoms with Crippen LogP contribution in [0.25, 0.3) is 66.4 Å². The molecule has 0 saturated heterocycles. The van der Waals surface area contributed by atoms with E-state index >= 15 is 0 Å². The topological polar surface area (TPSA) is 16.4 Å². The van der Waals surface area contributed by atoms with Crippen molar-refractivity contribution in [2.45, 2.75) is 38.5 Å². The van der Waals surface area contributed by atoms with Crippen molar-refractivity contribution < 1.29 is 4.42 Å². The predicted octanol–water partition coefficient (Wildman–Crippen LogP) is 15.0. The molecule has 1 aromatic heterocycles. The van der Waals surface area contributed by atoms with E-state index < -0.39 is 0 Å². The monoisotopic (exact) mass is 719 g/mol. The smallest absolute Gasteiger partial charge is 0.136 e. The van der Waals surface area contributed by atoms with E-state index in [1.54, 1.807) is 0 Å². The Balaban J connectivity index is 1.14. The number of furan rings is 1. The normalized spacial score (nSPS) is 14.4. The summed E-state index contributed by atoms with van der Waals surface area (Å²) >= 11 is 0. The Labute approximate surface area is 328 Å². The Morgan fingerprint density at radius 2 is 0.946 bits per heavy atom. The van der Waals surface area contributed by atoms with Gasteiger partial charge in [0.2, 0.25) is 0 Å². The Kier molecular flexibility index (Phi) is 6.98. The highest BCUT2D eigenvalue weighted by atomic mass is 16.3. The van der Waals surface area contributed by atoms with Crippen molar-refractivity contribution in [3.8, 4) is 44.5 Å². The van der Waals surface area contributed by atoms with Crippen LogP contribution in [0.5, 0.6) is 0 Å². The first-order chi connectivity index (χ1) is 27.3. The van der Waals surface area contributed by atoms with Crippen LogP contribution in [0.3, 0.4) is 0 Å². The third-order valence-electron chi connectivity index (χ3n) is 12.6. The van der Waals surface area contributed by atoms with Gasteiger partial charge in [-0.25, -0.2) is 0 Å². The molecule has 0 N–H and O–H groups in total. The molecule has 1 heterocycles. The first-order valence-corrected chi connectivity index (χ1v) is 19.7. The molecule has 56 heavy (non-hydrogen) atoms. The molecule has 0 radical (unpaired) electrons. The van der Waals surface area contributed by atoms with E-state index in [0.717, 1.165) is 44.4 Å². The summed E-state index contributed by atoms with van der Waals surface area (Å²) in [6.07, 6.45) is 0. The molecule has 0 unspecified atom stereocenters. The molecule has 0 bridgehead atoms. The van der Waals surface area contributed by atoms with Gasteiger partial charge >= 0.3 is 0 Å². The maximum absolute atomic E-state index is 6.35. The Morgan fingerprint density at radius 3 is 1.73 bits per heavy atom. The van der Waals surface area contributed by atoms with E-state index in [0.29, 0.717) is 0 Å². The van der Waals surface area contributed by atoms with Gasteiger partial charge in [0.25, 0.3) is 0 Å². The third kappa shape index (κ3) is 4.62. The molecule has 2 aliphatic carbocycles. The van der Waals surface area contributed by atoms with Gasteiger partial charge in [-0.05, 0) is 104 Å². The number of nitrogens with zero attached hydrogens (tertiary/aromatic N) is 1. The zero-order chi connectivity index (χ0) is 37.8. The van der Waals surface area contributed by atoms with Crippen molar-refractivity contribution in [1.29, 1.82) is 0 Å². The lowest BCUT2D eigenvalue weighted by atomic mass is 9.79. The molecule has 0 amide bonds. The number of hydrogen-bond donors (Lipinski definition) is 0. The molecule has 2 aliphatic rings. The number of fused-ring (bicyclic) bond motifs is 9. The number of anilines is 3. The van der Waals surface area contributed by atoms with Crippen molar-refractivity contribution in [2.75, 3.05) is 4.90 Å². The lowest BCUT2D eigenvalue weighted by Crippen LogP contribution is -2.16. The van der Waals surface area contributed by atoms with Crippen molar-refractivity contribution in [3.63, 3.8) is 0 Å². The SMILES string of the molecule is CC1(C)c2ccccc2-c2c(N(c3cccc(-c4cccc5c4C(C)(C)c4ccccc4-5)c3)c3cccc(-c4cccc5oc6ccccc6c45)c3)cccc21. The second kappa shape index (κ2) is 11.9. The average Bonchev–Trinajstić information content (AvgIpc) is 3.82. The van der Waals surface area contributed by atoms with E-state index in [-0.39, 0.29) is 10.8 Å². The number of benzene rings is 8. The highest BCUT2D eigenvalue weighted by Gasteiger charge is 2.39. The zero-order valence-corrected chi connectivity index (χ0v) is 32.1. The van der Waals surface area contributed by atoms with E-state index in [4.69, 9.17) is 4.42 Å². The summed E-state index contributed by atoms with van der Waals surface area (Å²) in [5.41, 5.74) is 20.5. The molecule has 9 aromatic rings. The second-order valence-electron chi connectivity index (χ2n) is 16.5. The fraction of sp³-hybridized carbons (Fsp3) is 0.111. The first kappa shape index (κ1) is 32.8. The molecule has 0 fully saturated rings. The fourth-order valence-electron chi connectivity index (χ4n) is 10.1. The van der Waals surface area contributed by atoms with Gasteiger partial charge in [-0.1, -0.05) is 161 Å². The lowest BCUT2D eigenvalue weighted by molar-refractivity contribution is 0.660. The van der Waals surface area contributed by atoms with Crippen molar-refractivity contribution in [3.05, 3.63) is 198 Å². The van der Waals surface area contributed by atoms with Crippen molar-refractivity contribution >= 4 is 39.0 Å². The summed E-state index contributed by atoms with van der Waals surface area (Å²) in [6.45, 7) is 9.47. The van der Waals surface area contributed by atoms with E-state index in [1.807, 2.05) is 6.07 Å². The number of hydrogen-bond acceptors (Lipinski definition) is 2. The Bertz CT molecular complexity index is 3050. The van der Waals surface area contributed by atoms with Crippen LogP contribution in [-0.4, -0.2) is 0 Å². The minimum Gasteiger partial charge on any atom is -0.456 e. The average molecular weight is 720 g/mol. The first-order valence-electron chi connectivity index (χ1n) is 19.7. The molecular weight excluding hydrogens is 679 g/mol. The standard InChI is InChI=1S/C54H41NO/c1-53(2)45-27-9-6-21-42(45)51-46(53)28-15-29-47(51)55(36-18-11-16-34(32-36)38-23-14-31-49-50(38)43-22-7-10-30-48(43)56-49)37-19-12-17-35(33-37)39-24-13-25-41-40-20-5-8-26-44(40)54(3,4)52(39)41/h5-33H,1-4H3. The van der Waals surface area contributed by atoms with Gasteiger partial charge in [0.15, 0.2) is 0 Å². The molecular formula is C54H41NO. The van der Waals surface area contributed by atoms with Crippen LogP contribution >= 0.6 is 0 Å². The third-order valence-corrected chi connectivity index (χ3v) is 12.6. The molecule has 11 rings (SSSR count). The molecule has 0 spiro atoms. The summed E-state index contributed by atoms with van der Waals surface area (Å²) in [6, 6.07) is 64.6. The summed E-state index contributed by atoms with van der Waals surface area (Å²) in [5, 5.41) is 2.28. The highest BCUT2D eigenvalue weighted by molar-refractivity contribution is 6.12. The molecule has 2 heteroatoms. The maximum Gasteiger partial charge on any atom is 0.136 e. The minimum absolute atomic E-state index is 0.125. The van der Waals surface area contributed by atoms with Gasteiger partial charge in [-0.15, -0.1) is 0 Å². The van der Waals surface area contributed by atoms with Gasteiger partial charge < -0.3 is 9.32 Å². The largest absolute Gasteiger partial charge is 0.456 e. The number of para-hydroxylation sites is 1. The quantitative estimate of drug-likeness (QED) is 0.176. The van der Waals surface area contributed by atoms with Crippen LogP contribution in [-0.2, 0) is 10.8 Å². The highest BCUT2D eigenvalue weighted by Crippen LogP contribution is 2.56. The van der Waals surface area contributed by atoms with Crippen molar-refractivity contribution in [2.24, 2.45) is 0 Å². The fourth-order valence-corrected chi connectivity index (χ4v) is 10.1. The molecule has 2 nitrogen and oxygen atoms in total. The van der Waals surface area contributed by atoms with E-state index in [9.17, 15) is 0 Å². The minimum atomic E-state index is -0.125. The molecule has 0 aliphatic heterocycles. The second-order valence-corrected chi connectivity index (χ2v) is 16.5. The van der Waals surface area contributed by atoms with Gasteiger partial charge in [0, 0.05) is 38.5 Å². The predicted molar refractivity (Wildman–Crippen MR) is 234 cm³/mol. The summed E-state index contributed by atoms with van der Waals surface area (Å²) in [4.78, 5) is 2.49. The van der Waals surface area contributed by atoms with Crippen LogP contribution in [0.15, 0.2) is 180 Å². The van der Waals surface area contributed by atoms with E-state index in [1.165, 1.54) is 61.3 Å². The lowest BCUT2D eigenvalue weighted by Gasteiger charge is -2.30. The number of rotatable bonds is 5. The van der Waals surface area contributed by atoms with E-state index in [2.05, 4.69) is 202 Å². The maximum atomic E-state index is 6.35. The molecule has 8 aromatic carbocycles. The summed E-state index contributed by atoms with van der Waals surface area (Å²) in [7, 11) is 0. The Hall–Kier alpha value is -6.64. The molecule has 0 atom stereocenters. The molecule has 0 saturated carbocycles. The zero-order valence-electron chi connectivity index (χ0n) is 32.1. The van der Waals surface area contributed by atoms with Crippen LogP contribution in [0.1, 0.15) is 49.9 Å². The van der Waals surface area contributed by atoms with Gasteiger partial charge in [0.05, 0.1) is 5.69 Å². The summed E-state index contributed by atoms with van der Waals surface area (Å²) in [5.74, 6) is 0. The Morgan fingerprint density at radius 1 is 0.411 bits per heavy atom. The molecule has 268 valence electrons.